The summed E-state index contributed by atoms with van der Waals surface area (Å²) in [6, 6.07) is 14.0. The molecule has 0 aliphatic carbocycles. The minimum Gasteiger partial charge on any atom is -0.369 e. The number of anilines is 1. The third kappa shape index (κ3) is 3.62. The number of carbonyl (C=O) groups is 1. The fourth-order valence-corrected chi connectivity index (χ4v) is 2.59. The maximum absolute atomic E-state index is 12.0. The van der Waals surface area contributed by atoms with Crippen molar-refractivity contribution < 1.29 is 4.79 Å². The molecule has 0 spiro atoms. The molecule has 22 heavy (non-hydrogen) atoms. The number of nitrogens with zero attached hydrogens (tertiary/aromatic N) is 3. The highest BCUT2D eigenvalue weighted by atomic mass is 16.1. The summed E-state index contributed by atoms with van der Waals surface area (Å²) >= 11 is 0. The lowest BCUT2D eigenvalue weighted by molar-refractivity contribution is 0.0920. The first-order valence-electron chi connectivity index (χ1n) is 7.53. The first-order valence-corrected chi connectivity index (χ1v) is 7.53. The zero-order chi connectivity index (χ0) is 15.2. The van der Waals surface area contributed by atoms with Crippen LogP contribution >= 0.6 is 0 Å². The highest BCUT2D eigenvalue weighted by Gasteiger charge is 2.17. The van der Waals surface area contributed by atoms with Gasteiger partial charge in [-0.1, -0.05) is 18.2 Å². The summed E-state index contributed by atoms with van der Waals surface area (Å²) in [7, 11) is 0. The third-order valence-corrected chi connectivity index (χ3v) is 3.88. The zero-order valence-corrected chi connectivity index (χ0v) is 12.5. The van der Waals surface area contributed by atoms with Gasteiger partial charge in [0, 0.05) is 44.3 Å². The molecular formula is C17H20N4O. The van der Waals surface area contributed by atoms with Crippen LogP contribution in [0.2, 0.25) is 0 Å². The number of carbonyl (C=O) groups excluding carboxylic acids is 1. The van der Waals surface area contributed by atoms with E-state index in [0.29, 0.717) is 12.2 Å². The van der Waals surface area contributed by atoms with Crippen molar-refractivity contribution in [3.63, 3.8) is 0 Å². The number of nitrogens with one attached hydrogen (secondary N) is 1. The summed E-state index contributed by atoms with van der Waals surface area (Å²) in [5.74, 6) is -0.0708. The van der Waals surface area contributed by atoms with Crippen LogP contribution in [0.4, 0.5) is 5.69 Å². The van der Waals surface area contributed by atoms with Crippen LogP contribution in [-0.2, 0) is 0 Å². The van der Waals surface area contributed by atoms with Crippen molar-refractivity contribution in [1.82, 2.24) is 15.2 Å². The molecule has 0 bridgehead atoms. The largest absolute Gasteiger partial charge is 0.369 e. The second kappa shape index (κ2) is 7.04. The van der Waals surface area contributed by atoms with Crippen LogP contribution in [0.25, 0.3) is 0 Å². The minimum absolute atomic E-state index is 0.0708. The number of hydrogen-bond donors (Lipinski definition) is 1. The van der Waals surface area contributed by atoms with E-state index >= 15 is 0 Å². The van der Waals surface area contributed by atoms with E-state index in [1.54, 1.807) is 24.5 Å². The highest BCUT2D eigenvalue weighted by Crippen LogP contribution is 2.15. The van der Waals surface area contributed by atoms with Crippen LogP contribution in [0.15, 0.2) is 54.9 Å². The first kappa shape index (κ1) is 14.5. The Morgan fingerprint density at radius 2 is 1.82 bits per heavy atom. The Hall–Kier alpha value is -2.40. The molecule has 114 valence electrons. The van der Waals surface area contributed by atoms with Crippen molar-refractivity contribution in [2.24, 2.45) is 0 Å². The quantitative estimate of drug-likeness (QED) is 0.931. The number of aromatic nitrogens is 1. The molecule has 1 aromatic carbocycles. The predicted molar refractivity (Wildman–Crippen MR) is 86.8 cm³/mol. The van der Waals surface area contributed by atoms with Gasteiger partial charge >= 0.3 is 0 Å². The lowest BCUT2D eigenvalue weighted by Gasteiger charge is -2.36. The second-order valence-electron chi connectivity index (χ2n) is 5.35. The standard InChI is InChI=1S/C17H20N4O/c22-17(15-5-4-8-18-13-15)19-14-20-9-11-21(12-10-20)16-6-2-1-3-7-16/h1-8,13H,9-12,14H2,(H,19,22). The number of benzene rings is 1. The lowest BCUT2D eigenvalue weighted by Crippen LogP contribution is -2.50. The molecule has 5 nitrogen and oxygen atoms in total. The Kier molecular flexibility index (Phi) is 4.65. The van der Waals surface area contributed by atoms with Crippen LogP contribution in [0.1, 0.15) is 10.4 Å². The molecule has 0 atom stereocenters. The SMILES string of the molecule is O=C(NCN1CCN(c2ccccc2)CC1)c1cccnc1. The topological polar surface area (TPSA) is 48.5 Å². The fourth-order valence-electron chi connectivity index (χ4n) is 2.59. The van der Waals surface area contributed by atoms with Gasteiger partial charge in [0.2, 0.25) is 0 Å². The number of rotatable bonds is 4. The molecule has 2 aromatic rings. The summed E-state index contributed by atoms with van der Waals surface area (Å²) in [6.07, 6.45) is 3.25. The Morgan fingerprint density at radius 3 is 2.50 bits per heavy atom. The third-order valence-electron chi connectivity index (χ3n) is 3.88. The van der Waals surface area contributed by atoms with E-state index in [-0.39, 0.29) is 5.91 Å². The minimum atomic E-state index is -0.0708. The second-order valence-corrected chi connectivity index (χ2v) is 5.35. The van der Waals surface area contributed by atoms with Crippen LogP contribution in [0.5, 0.6) is 0 Å². The van der Waals surface area contributed by atoms with Crippen molar-refractivity contribution in [3.8, 4) is 0 Å². The number of pyridine rings is 1. The molecule has 5 heteroatoms. The van der Waals surface area contributed by atoms with Crippen LogP contribution in [-0.4, -0.2) is 48.6 Å². The maximum Gasteiger partial charge on any atom is 0.253 e. The van der Waals surface area contributed by atoms with Gasteiger partial charge in [0.25, 0.3) is 5.91 Å². The summed E-state index contributed by atoms with van der Waals surface area (Å²) in [6.45, 7) is 4.43. The number of piperazine rings is 1. The normalized spacial score (nSPS) is 15.5. The van der Waals surface area contributed by atoms with Gasteiger partial charge < -0.3 is 10.2 Å². The van der Waals surface area contributed by atoms with Crippen molar-refractivity contribution >= 4 is 11.6 Å². The van der Waals surface area contributed by atoms with Gasteiger partial charge in [-0.2, -0.15) is 0 Å². The van der Waals surface area contributed by atoms with Gasteiger partial charge in [0.05, 0.1) is 12.2 Å². The smallest absolute Gasteiger partial charge is 0.253 e. The van der Waals surface area contributed by atoms with Crippen molar-refractivity contribution in [3.05, 3.63) is 60.4 Å². The van der Waals surface area contributed by atoms with E-state index in [0.717, 1.165) is 26.2 Å². The first-order chi connectivity index (χ1) is 10.8. The van der Waals surface area contributed by atoms with E-state index < -0.39 is 0 Å². The fraction of sp³-hybridized carbons (Fsp3) is 0.294. The molecule has 1 amide bonds. The molecule has 1 aromatic heterocycles. The summed E-state index contributed by atoms with van der Waals surface area (Å²) in [5.41, 5.74) is 1.87. The van der Waals surface area contributed by atoms with Gasteiger partial charge in [-0.15, -0.1) is 0 Å². The Labute approximate surface area is 130 Å². The molecule has 0 unspecified atom stereocenters. The number of amides is 1. The molecule has 1 fully saturated rings. The molecule has 2 heterocycles. The van der Waals surface area contributed by atoms with E-state index in [1.807, 2.05) is 6.07 Å². The maximum atomic E-state index is 12.0. The van der Waals surface area contributed by atoms with Crippen LogP contribution in [0.3, 0.4) is 0 Å². The van der Waals surface area contributed by atoms with Crippen molar-refractivity contribution in [2.75, 3.05) is 37.7 Å². The molecule has 1 aliphatic heterocycles. The molecule has 3 rings (SSSR count). The van der Waals surface area contributed by atoms with Gasteiger partial charge in [-0.25, -0.2) is 0 Å². The van der Waals surface area contributed by atoms with E-state index in [9.17, 15) is 4.79 Å². The van der Waals surface area contributed by atoms with Gasteiger partial charge in [0.1, 0.15) is 0 Å². The lowest BCUT2D eigenvalue weighted by atomic mass is 10.2. The molecule has 1 N–H and O–H groups in total. The summed E-state index contributed by atoms with van der Waals surface area (Å²) < 4.78 is 0. The van der Waals surface area contributed by atoms with Gasteiger partial charge in [-0.3, -0.25) is 14.7 Å². The van der Waals surface area contributed by atoms with E-state index in [2.05, 4.69) is 44.4 Å². The molecule has 1 aliphatic rings. The van der Waals surface area contributed by atoms with Gasteiger partial charge in [-0.05, 0) is 24.3 Å². The van der Waals surface area contributed by atoms with Crippen molar-refractivity contribution in [1.29, 1.82) is 0 Å². The molecule has 1 saturated heterocycles. The average molecular weight is 296 g/mol. The summed E-state index contributed by atoms with van der Waals surface area (Å²) in [5, 5.41) is 2.95. The van der Waals surface area contributed by atoms with E-state index in [1.165, 1.54) is 5.69 Å². The van der Waals surface area contributed by atoms with Gasteiger partial charge in [0.15, 0.2) is 0 Å². The monoisotopic (exact) mass is 296 g/mol. The van der Waals surface area contributed by atoms with E-state index in [4.69, 9.17) is 0 Å². The molecular weight excluding hydrogens is 276 g/mol. The van der Waals surface area contributed by atoms with Crippen LogP contribution in [0, 0.1) is 0 Å². The molecule has 0 radical (unpaired) electrons. The zero-order valence-electron chi connectivity index (χ0n) is 12.5. The van der Waals surface area contributed by atoms with Crippen LogP contribution < -0.4 is 10.2 Å². The number of para-hydroxylation sites is 1. The molecule has 0 saturated carbocycles. The van der Waals surface area contributed by atoms with Crippen molar-refractivity contribution in [2.45, 2.75) is 0 Å². The number of hydrogen-bond acceptors (Lipinski definition) is 4. The highest BCUT2D eigenvalue weighted by molar-refractivity contribution is 5.93. The Balaban J connectivity index is 1.45. The summed E-state index contributed by atoms with van der Waals surface area (Å²) in [4.78, 5) is 20.6. The Morgan fingerprint density at radius 1 is 1.05 bits per heavy atom. The predicted octanol–water partition coefficient (Wildman–Crippen LogP) is 1.59. The Bertz CT molecular complexity index is 595. The average Bonchev–Trinajstić information content (AvgIpc) is 2.61.